The van der Waals surface area contributed by atoms with Crippen LogP contribution < -0.4 is 13.5 Å². The molecule has 0 aliphatic heterocycles. The second-order valence-electron chi connectivity index (χ2n) is 6.98. The fourth-order valence-corrected chi connectivity index (χ4v) is 8.84. The molecule has 3 aromatic heterocycles. The third-order valence-corrected chi connectivity index (χ3v) is 14.3. The van der Waals surface area contributed by atoms with Gasteiger partial charge in [0.25, 0.3) is 0 Å². The van der Waals surface area contributed by atoms with Gasteiger partial charge in [-0.15, -0.1) is 0 Å². The van der Waals surface area contributed by atoms with Crippen LogP contribution in [-0.2, 0) is 4.79 Å². The third-order valence-electron chi connectivity index (χ3n) is 3.81. The number of imidazole rings is 1. The Balaban J connectivity index is 2.03. The Morgan fingerprint density at radius 1 is 1.33 bits per heavy atom. The Hall–Kier alpha value is -1.35. The van der Waals surface area contributed by atoms with E-state index >= 15 is 0 Å². The van der Waals surface area contributed by atoms with E-state index in [-0.39, 0.29) is 5.91 Å². The fraction of sp³-hybridized carbons (Fsp3) is 0.438. The van der Waals surface area contributed by atoms with Gasteiger partial charge in [-0.25, -0.2) is 0 Å². The van der Waals surface area contributed by atoms with Gasteiger partial charge in [-0.2, -0.15) is 0 Å². The Bertz CT molecular complexity index is 909. The summed E-state index contributed by atoms with van der Waals surface area (Å²) in [6.45, 7) is 4.77. The summed E-state index contributed by atoms with van der Waals surface area (Å²) >= 11 is -0.277. The molecular weight excluding hydrogens is 429 g/mol. The second kappa shape index (κ2) is 6.51. The number of fused-ring (bicyclic) bond motifs is 3. The number of aromatic nitrogens is 3. The number of rotatable bonds is 5. The van der Waals surface area contributed by atoms with E-state index in [1.807, 2.05) is 17.5 Å². The number of anilines is 1. The molecule has 0 unspecified atom stereocenters. The normalized spacial score (nSPS) is 12.0. The molecule has 0 aliphatic carbocycles. The zero-order valence-electron chi connectivity index (χ0n) is 14.7. The summed E-state index contributed by atoms with van der Waals surface area (Å²) < 4.78 is 3.70. The van der Waals surface area contributed by atoms with Crippen LogP contribution in [0, 0.1) is 6.92 Å². The molecule has 8 heteroatoms. The molecule has 128 valence electrons. The van der Waals surface area contributed by atoms with Gasteiger partial charge in [0.15, 0.2) is 0 Å². The van der Waals surface area contributed by atoms with Gasteiger partial charge < -0.3 is 0 Å². The van der Waals surface area contributed by atoms with Crippen molar-refractivity contribution in [2.24, 2.45) is 0 Å². The van der Waals surface area contributed by atoms with Gasteiger partial charge >= 0.3 is 150 Å². The van der Waals surface area contributed by atoms with Crippen LogP contribution in [0.4, 0.5) is 5.82 Å². The zero-order valence-corrected chi connectivity index (χ0v) is 18.4. The van der Waals surface area contributed by atoms with Crippen LogP contribution in [0.3, 0.4) is 0 Å². The predicted octanol–water partition coefficient (Wildman–Crippen LogP) is 2.35. The van der Waals surface area contributed by atoms with Crippen LogP contribution in [0.25, 0.3) is 16.0 Å². The van der Waals surface area contributed by atoms with Crippen molar-refractivity contribution < 1.29 is 4.79 Å². The average Bonchev–Trinajstić information content (AvgIpc) is 3.06. The minimum absolute atomic E-state index is 0.0258. The first-order valence-electron chi connectivity index (χ1n) is 8.04. The summed E-state index contributed by atoms with van der Waals surface area (Å²) in [7, 11) is 0. The van der Waals surface area contributed by atoms with Crippen LogP contribution in [0.1, 0.15) is 12.6 Å². The quantitative estimate of drug-likeness (QED) is 0.461. The number of aryl methyl sites for hydroxylation is 1. The van der Waals surface area contributed by atoms with Crippen molar-refractivity contribution in [2.45, 2.75) is 28.7 Å². The molecule has 3 aromatic rings. The summed E-state index contributed by atoms with van der Waals surface area (Å²) in [6.07, 6.45) is 1.88. The molecule has 0 aliphatic rings. The zero-order chi connectivity index (χ0) is 17.5. The predicted molar refractivity (Wildman–Crippen MR) is 103 cm³/mol. The molecule has 1 amide bonds. The Morgan fingerprint density at radius 2 is 2.08 bits per heavy atom. The number of hydrogen-bond acceptors (Lipinski definition) is 5. The van der Waals surface area contributed by atoms with Gasteiger partial charge in [0.2, 0.25) is 0 Å². The van der Waals surface area contributed by atoms with E-state index in [2.05, 4.69) is 47.8 Å². The number of nitrogens with one attached hydrogen (secondary N) is 2. The summed E-state index contributed by atoms with van der Waals surface area (Å²) in [5, 5.41) is 6.09. The number of hydrogen-bond donors (Lipinski definition) is 2. The van der Waals surface area contributed by atoms with E-state index in [4.69, 9.17) is 4.98 Å². The average molecular weight is 452 g/mol. The number of nitrogens with zero attached hydrogens (tertiary/aromatic N) is 3. The fourth-order valence-electron chi connectivity index (χ4n) is 2.55. The summed E-state index contributed by atoms with van der Waals surface area (Å²) in [4.78, 5) is 28.7. The van der Waals surface area contributed by atoms with Crippen molar-refractivity contribution in [3.8, 4) is 0 Å². The summed E-state index contributed by atoms with van der Waals surface area (Å²) in [5.41, 5.74) is 2.98. The van der Waals surface area contributed by atoms with E-state index < -0.39 is 18.4 Å². The number of amides is 1. The Kier molecular flexibility index (Phi) is 4.74. The van der Waals surface area contributed by atoms with Crippen LogP contribution in [-0.4, -0.2) is 51.7 Å². The first-order chi connectivity index (χ1) is 11.3. The summed E-state index contributed by atoms with van der Waals surface area (Å²) in [6, 6.07) is 2.26. The number of carbonyl (C=O) groups is 1. The molecule has 0 aromatic carbocycles. The van der Waals surface area contributed by atoms with E-state index in [1.54, 1.807) is 0 Å². The van der Waals surface area contributed by atoms with Gasteiger partial charge in [-0.3, -0.25) is 0 Å². The number of thiophene rings is 1. The van der Waals surface area contributed by atoms with E-state index in [0.717, 1.165) is 22.7 Å². The van der Waals surface area contributed by atoms with Crippen LogP contribution in [0.5, 0.6) is 0 Å². The van der Waals surface area contributed by atoms with Crippen LogP contribution >= 0.6 is 11.3 Å². The molecule has 0 atom stereocenters. The molecule has 2 N–H and O–H groups in total. The van der Waals surface area contributed by atoms with Gasteiger partial charge in [0, 0.05) is 0 Å². The summed E-state index contributed by atoms with van der Waals surface area (Å²) in [5.74, 6) is 0.747. The molecule has 0 bridgehead atoms. The molecule has 6 nitrogen and oxygen atoms in total. The molecule has 3 rings (SSSR count). The topological polar surface area (TPSA) is 71.3 Å². The van der Waals surface area contributed by atoms with Crippen molar-refractivity contribution in [2.75, 3.05) is 18.4 Å². The molecule has 0 radical (unpaired) electrons. The molecular formula is C16H23N5OSSn. The maximum absolute atomic E-state index is 11.0. The van der Waals surface area contributed by atoms with Gasteiger partial charge in [0.1, 0.15) is 0 Å². The second-order valence-corrected chi connectivity index (χ2v) is 23.4. The standard InChI is InChI=1S/C13H14N5OS.3CH3.Sn/c1-8-7-16-12-11(15-5-4-14-9(2)19)17-10-3-6-20-13(10)18(8)12;;;;/h3,7H,4-5H2,1-2H3,(H,14,19)(H,15,17);3*1H3;. The van der Waals surface area contributed by atoms with Crippen LogP contribution in [0.2, 0.25) is 14.8 Å². The van der Waals surface area contributed by atoms with Crippen LogP contribution in [0.15, 0.2) is 12.3 Å². The van der Waals surface area contributed by atoms with Gasteiger partial charge in [-0.05, 0) is 0 Å². The molecule has 0 fully saturated rings. The minimum atomic E-state index is -2.14. The first-order valence-corrected chi connectivity index (χ1v) is 18.8. The van der Waals surface area contributed by atoms with Crippen molar-refractivity contribution >= 4 is 60.3 Å². The monoisotopic (exact) mass is 453 g/mol. The SMILES string of the molecule is CC(=O)NCCNc1nc2c[c]([Sn]([CH3])([CH3])[CH3])sc2n2c(C)cnc12. The Morgan fingerprint density at radius 3 is 2.75 bits per heavy atom. The molecule has 0 saturated heterocycles. The van der Waals surface area contributed by atoms with Crippen molar-refractivity contribution in [1.82, 2.24) is 19.7 Å². The van der Waals surface area contributed by atoms with Gasteiger partial charge in [0.05, 0.1) is 0 Å². The Labute approximate surface area is 149 Å². The van der Waals surface area contributed by atoms with Crippen molar-refractivity contribution in [1.29, 1.82) is 0 Å². The molecule has 0 spiro atoms. The molecule has 3 heterocycles. The van der Waals surface area contributed by atoms with Crippen molar-refractivity contribution in [3.05, 3.63) is 18.0 Å². The van der Waals surface area contributed by atoms with E-state index in [0.29, 0.717) is 13.1 Å². The van der Waals surface area contributed by atoms with E-state index in [1.165, 1.54) is 14.6 Å². The molecule has 24 heavy (non-hydrogen) atoms. The van der Waals surface area contributed by atoms with Crippen molar-refractivity contribution in [3.63, 3.8) is 0 Å². The molecule has 0 saturated carbocycles. The number of carbonyl (C=O) groups excluding carboxylic acids is 1. The first kappa shape index (κ1) is 17.5. The van der Waals surface area contributed by atoms with E-state index in [9.17, 15) is 4.79 Å². The third kappa shape index (κ3) is 3.37. The maximum atomic E-state index is 11.0. The van der Waals surface area contributed by atoms with Gasteiger partial charge in [-0.1, -0.05) is 0 Å².